The van der Waals surface area contributed by atoms with Gasteiger partial charge in [-0.15, -0.1) is 0 Å². The minimum absolute atomic E-state index is 0.0414. The van der Waals surface area contributed by atoms with Crippen molar-refractivity contribution < 1.29 is 9.59 Å². The number of hydrogen-bond acceptors (Lipinski definition) is 2. The van der Waals surface area contributed by atoms with Crippen LogP contribution >= 0.6 is 0 Å². The first-order valence-electron chi connectivity index (χ1n) is 6.75. The average molecular weight is 276 g/mol. The highest BCUT2D eigenvalue weighted by molar-refractivity contribution is 6.11. The highest BCUT2D eigenvalue weighted by atomic mass is 16.1. The molecule has 2 aromatic carbocycles. The Kier molecular flexibility index (Phi) is 2.44. The molecule has 1 aromatic heterocycles. The molecule has 4 heteroatoms. The largest absolute Gasteiger partial charge is 0.354 e. The number of amides is 1. The molecule has 21 heavy (non-hydrogen) atoms. The molecule has 1 aliphatic rings. The smallest absolute Gasteiger partial charge is 0.252 e. The van der Waals surface area contributed by atoms with Crippen LogP contribution in [0.25, 0.3) is 22.2 Å². The summed E-state index contributed by atoms with van der Waals surface area (Å²) < 4.78 is 0. The van der Waals surface area contributed by atoms with Crippen molar-refractivity contribution in [2.75, 3.05) is 0 Å². The maximum Gasteiger partial charge on any atom is 0.252 e. The second kappa shape index (κ2) is 4.31. The molecule has 0 radical (unpaired) electrons. The number of nitrogens with one attached hydrogen (secondary N) is 2. The molecule has 1 aliphatic heterocycles. The van der Waals surface area contributed by atoms with Gasteiger partial charge in [-0.1, -0.05) is 24.3 Å². The summed E-state index contributed by atoms with van der Waals surface area (Å²) in [5.41, 5.74) is 5.27. The quantitative estimate of drug-likeness (QED) is 0.707. The van der Waals surface area contributed by atoms with Crippen molar-refractivity contribution in [1.29, 1.82) is 0 Å². The van der Waals surface area contributed by atoms with Crippen molar-refractivity contribution in [1.82, 2.24) is 10.3 Å². The summed E-state index contributed by atoms with van der Waals surface area (Å²) in [6.45, 7) is 0.497. The molecule has 0 unspecified atom stereocenters. The lowest BCUT2D eigenvalue weighted by molar-refractivity contribution is 0.0949. The van der Waals surface area contributed by atoms with Gasteiger partial charge in [0.05, 0.1) is 5.69 Å². The fraction of sp³-hybridized carbons (Fsp3) is 0.0588. The molecule has 0 saturated heterocycles. The van der Waals surface area contributed by atoms with Crippen molar-refractivity contribution in [2.45, 2.75) is 6.54 Å². The standard InChI is InChI=1S/C17H12N2O2/c20-9-10-3-1-4-11(7-10)16-13-8-18-17(21)12-5-2-6-14(19-16)15(12)13/h1-7,9,19H,8H2,(H,18,21). The molecular weight excluding hydrogens is 264 g/mol. The Morgan fingerprint density at radius 2 is 1.95 bits per heavy atom. The van der Waals surface area contributed by atoms with Gasteiger partial charge in [-0.2, -0.15) is 0 Å². The first kappa shape index (κ1) is 11.9. The van der Waals surface area contributed by atoms with Crippen molar-refractivity contribution in [3.05, 3.63) is 59.2 Å². The van der Waals surface area contributed by atoms with E-state index in [0.717, 1.165) is 34.0 Å². The van der Waals surface area contributed by atoms with E-state index in [-0.39, 0.29) is 5.91 Å². The van der Waals surface area contributed by atoms with Gasteiger partial charge < -0.3 is 10.3 Å². The third-order valence-electron chi connectivity index (χ3n) is 3.91. The minimum atomic E-state index is -0.0414. The topological polar surface area (TPSA) is 62.0 Å². The Labute approximate surface area is 120 Å². The molecule has 0 saturated carbocycles. The minimum Gasteiger partial charge on any atom is -0.354 e. The number of hydrogen-bond donors (Lipinski definition) is 2. The normalized spacial score (nSPS) is 13.2. The van der Waals surface area contributed by atoms with Crippen LogP contribution in [0.5, 0.6) is 0 Å². The lowest BCUT2D eigenvalue weighted by Crippen LogP contribution is -2.26. The van der Waals surface area contributed by atoms with E-state index in [1.54, 1.807) is 6.07 Å². The highest BCUT2D eigenvalue weighted by Gasteiger charge is 2.23. The average Bonchev–Trinajstić information content (AvgIpc) is 2.91. The Balaban J connectivity index is 2.03. The van der Waals surface area contributed by atoms with Crippen LogP contribution in [-0.2, 0) is 6.54 Å². The fourth-order valence-electron chi connectivity index (χ4n) is 2.96. The Bertz CT molecular complexity index is 893. The number of aromatic nitrogens is 1. The molecule has 0 fully saturated rings. The fourth-order valence-corrected chi connectivity index (χ4v) is 2.96. The number of H-pyrrole nitrogens is 1. The molecule has 4 rings (SSSR count). The van der Waals surface area contributed by atoms with Gasteiger partial charge in [-0.3, -0.25) is 9.59 Å². The zero-order valence-electron chi connectivity index (χ0n) is 11.1. The predicted octanol–water partition coefficient (Wildman–Crippen LogP) is 2.89. The van der Waals surface area contributed by atoms with Gasteiger partial charge >= 0.3 is 0 Å². The number of aromatic amines is 1. The van der Waals surface area contributed by atoms with E-state index in [2.05, 4.69) is 10.3 Å². The van der Waals surface area contributed by atoms with E-state index in [9.17, 15) is 9.59 Å². The van der Waals surface area contributed by atoms with E-state index in [4.69, 9.17) is 0 Å². The first-order valence-corrected chi connectivity index (χ1v) is 6.75. The number of carbonyl (C=O) groups is 2. The summed E-state index contributed by atoms with van der Waals surface area (Å²) in [7, 11) is 0. The Morgan fingerprint density at radius 3 is 2.81 bits per heavy atom. The van der Waals surface area contributed by atoms with Crippen LogP contribution in [0.3, 0.4) is 0 Å². The van der Waals surface area contributed by atoms with E-state index in [1.165, 1.54) is 0 Å². The lowest BCUT2D eigenvalue weighted by atomic mass is 9.98. The number of aldehydes is 1. The third kappa shape index (κ3) is 1.69. The zero-order valence-corrected chi connectivity index (χ0v) is 11.1. The van der Waals surface area contributed by atoms with E-state index >= 15 is 0 Å². The highest BCUT2D eigenvalue weighted by Crippen LogP contribution is 2.34. The molecule has 2 heterocycles. The van der Waals surface area contributed by atoms with Gasteiger partial charge in [-0.25, -0.2) is 0 Å². The van der Waals surface area contributed by atoms with Crippen LogP contribution in [0.1, 0.15) is 26.3 Å². The van der Waals surface area contributed by atoms with Gasteiger partial charge in [0, 0.05) is 34.1 Å². The second-order valence-electron chi connectivity index (χ2n) is 5.13. The van der Waals surface area contributed by atoms with Crippen molar-refractivity contribution >= 4 is 23.1 Å². The maximum absolute atomic E-state index is 11.9. The monoisotopic (exact) mass is 276 g/mol. The van der Waals surface area contributed by atoms with Gasteiger partial charge in [0.15, 0.2) is 0 Å². The van der Waals surface area contributed by atoms with Crippen LogP contribution in [0, 0.1) is 0 Å². The number of rotatable bonds is 2. The molecule has 2 N–H and O–H groups in total. The van der Waals surface area contributed by atoms with E-state index < -0.39 is 0 Å². The molecule has 0 bridgehead atoms. The Morgan fingerprint density at radius 1 is 1.10 bits per heavy atom. The summed E-state index contributed by atoms with van der Waals surface area (Å²) >= 11 is 0. The first-order chi connectivity index (χ1) is 10.3. The SMILES string of the molecule is O=Cc1cccc(-c2[nH]c3cccc4c3c2CNC4=O)c1. The summed E-state index contributed by atoms with van der Waals surface area (Å²) in [6.07, 6.45) is 0.838. The molecule has 1 amide bonds. The molecule has 0 aliphatic carbocycles. The van der Waals surface area contributed by atoms with Crippen molar-refractivity contribution in [3.63, 3.8) is 0 Å². The summed E-state index contributed by atoms with van der Waals surface area (Å²) in [5, 5.41) is 3.87. The molecule has 102 valence electrons. The van der Waals surface area contributed by atoms with E-state index in [0.29, 0.717) is 17.7 Å². The van der Waals surface area contributed by atoms with Crippen LogP contribution in [-0.4, -0.2) is 17.2 Å². The molecule has 3 aromatic rings. The second-order valence-corrected chi connectivity index (χ2v) is 5.13. The van der Waals surface area contributed by atoms with Crippen molar-refractivity contribution in [3.8, 4) is 11.3 Å². The number of benzene rings is 2. The number of carbonyl (C=O) groups excluding carboxylic acids is 2. The van der Waals surface area contributed by atoms with Crippen molar-refractivity contribution in [2.24, 2.45) is 0 Å². The molecular formula is C17H12N2O2. The third-order valence-corrected chi connectivity index (χ3v) is 3.91. The molecule has 0 atom stereocenters. The van der Waals surface area contributed by atoms with Gasteiger partial charge in [0.2, 0.25) is 0 Å². The van der Waals surface area contributed by atoms with Gasteiger partial charge in [0.25, 0.3) is 5.91 Å². The summed E-state index contributed by atoms with van der Waals surface area (Å²) in [6, 6.07) is 13.1. The maximum atomic E-state index is 11.9. The van der Waals surface area contributed by atoms with Crippen LogP contribution < -0.4 is 5.32 Å². The summed E-state index contributed by atoms with van der Waals surface area (Å²) in [5.74, 6) is -0.0414. The lowest BCUT2D eigenvalue weighted by Gasteiger charge is -2.14. The van der Waals surface area contributed by atoms with Gasteiger partial charge in [0.1, 0.15) is 6.29 Å². The Hall–Kier alpha value is -2.88. The predicted molar refractivity (Wildman–Crippen MR) is 80.3 cm³/mol. The van der Waals surface area contributed by atoms with Crippen LogP contribution in [0.4, 0.5) is 0 Å². The van der Waals surface area contributed by atoms with Crippen LogP contribution in [0.2, 0.25) is 0 Å². The van der Waals surface area contributed by atoms with E-state index in [1.807, 2.05) is 36.4 Å². The molecule has 4 nitrogen and oxygen atoms in total. The molecule has 0 spiro atoms. The summed E-state index contributed by atoms with van der Waals surface area (Å²) in [4.78, 5) is 26.3. The van der Waals surface area contributed by atoms with Crippen LogP contribution in [0.15, 0.2) is 42.5 Å². The van der Waals surface area contributed by atoms with Gasteiger partial charge in [-0.05, 0) is 23.8 Å². The zero-order chi connectivity index (χ0) is 14.4.